The van der Waals surface area contributed by atoms with E-state index in [1.807, 2.05) is 0 Å². The second-order valence-corrected chi connectivity index (χ2v) is 3.52. The monoisotopic (exact) mass is 230 g/mol. The van der Waals surface area contributed by atoms with Gasteiger partial charge in [0.1, 0.15) is 22.8 Å². The normalized spacial score (nSPS) is 10.1. The molecule has 0 saturated carbocycles. The van der Waals surface area contributed by atoms with Crippen LogP contribution >= 0.6 is 0 Å². The minimum Gasteiger partial charge on any atom is -0.507 e. The summed E-state index contributed by atoms with van der Waals surface area (Å²) in [5.74, 6) is -1.46. The number of ketones is 1. The molecule has 2 rings (SSSR count). The summed E-state index contributed by atoms with van der Waals surface area (Å²) in [6.07, 6.45) is 0. The minimum atomic E-state index is -0.626. The van der Waals surface area contributed by atoms with E-state index in [2.05, 4.69) is 0 Å². The summed E-state index contributed by atoms with van der Waals surface area (Å²) in [7, 11) is 0. The van der Waals surface area contributed by atoms with Gasteiger partial charge in [0.25, 0.3) is 0 Å². The molecule has 0 bridgehead atoms. The van der Waals surface area contributed by atoms with Gasteiger partial charge in [-0.05, 0) is 24.3 Å². The van der Waals surface area contributed by atoms with Crippen LogP contribution in [0, 0.1) is 0 Å². The fourth-order valence-corrected chi connectivity index (χ4v) is 1.56. The van der Waals surface area contributed by atoms with Crippen LogP contribution < -0.4 is 0 Å². The Bertz CT molecular complexity index is 555. The third-order valence-electron chi connectivity index (χ3n) is 2.40. The number of phenolic OH excluding ortho intramolecular Hbond substituents is 3. The quantitative estimate of drug-likeness (QED) is 0.690. The molecule has 0 atom stereocenters. The predicted octanol–water partition coefficient (Wildman–Crippen LogP) is 2.03. The third kappa shape index (κ3) is 1.92. The SMILES string of the molecule is O=C(c1ccccc1O)c1c(O)cccc1O. The van der Waals surface area contributed by atoms with Crippen molar-refractivity contribution in [2.45, 2.75) is 0 Å². The van der Waals surface area contributed by atoms with Crippen molar-refractivity contribution >= 4 is 5.78 Å². The van der Waals surface area contributed by atoms with Crippen molar-refractivity contribution in [2.24, 2.45) is 0 Å². The second-order valence-electron chi connectivity index (χ2n) is 3.52. The summed E-state index contributed by atoms with van der Waals surface area (Å²) >= 11 is 0. The van der Waals surface area contributed by atoms with Crippen LogP contribution in [0.5, 0.6) is 17.2 Å². The lowest BCUT2D eigenvalue weighted by molar-refractivity contribution is 0.103. The Morgan fingerprint density at radius 2 is 1.29 bits per heavy atom. The van der Waals surface area contributed by atoms with E-state index in [0.717, 1.165) is 0 Å². The van der Waals surface area contributed by atoms with Gasteiger partial charge in [0.05, 0.1) is 5.56 Å². The van der Waals surface area contributed by atoms with E-state index in [1.165, 1.54) is 30.3 Å². The van der Waals surface area contributed by atoms with Crippen LogP contribution in [0.3, 0.4) is 0 Å². The van der Waals surface area contributed by atoms with Gasteiger partial charge in [-0.1, -0.05) is 18.2 Å². The number of hydrogen-bond acceptors (Lipinski definition) is 4. The number of hydrogen-bond donors (Lipinski definition) is 3. The second kappa shape index (κ2) is 4.17. The van der Waals surface area contributed by atoms with Gasteiger partial charge in [0.15, 0.2) is 0 Å². The van der Waals surface area contributed by atoms with Crippen LogP contribution in [0.4, 0.5) is 0 Å². The molecule has 0 aromatic heterocycles. The summed E-state index contributed by atoms with van der Waals surface area (Å²) in [4.78, 5) is 12.0. The minimum absolute atomic E-state index is 0.0318. The van der Waals surface area contributed by atoms with Crippen LogP contribution in [0.15, 0.2) is 42.5 Å². The number of para-hydroxylation sites is 1. The topological polar surface area (TPSA) is 77.8 Å². The lowest BCUT2D eigenvalue weighted by Gasteiger charge is -2.07. The smallest absolute Gasteiger partial charge is 0.204 e. The molecule has 0 unspecified atom stereocenters. The third-order valence-corrected chi connectivity index (χ3v) is 2.40. The largest absolute Gasteiger partial charge is 0.507 e. The maximum Gasteiger partial charge on any atom is 0.204 e. The van der Waals surface area contributed by atoms with Crippen molar-refractivity contribution in [1.82, 2.24) is 0 Å². The van der Waals surface area contributed by atoms with Crippen molar-refractivity contribution in [3.05, 3.63) is 53.6 Å². The van der Waals surface area contributed by atoms with Crippen molar-refractivity contribution in [1.29, 1.82) is 0 Å². The zero-order chi connectivity index (χ0) is 12.4. The molecule has 0 aliphatic rings. The highest BCUT2D eigenvalue weighted by Gasteiger charge is 2.19. The number of carbonyl (C=O) groups is 1. The Kier molecular flexibility index (Phi) is 2.70. The number of rotatable bonds is 2. The van der Waals surface area contributed by atoms with Gasteiger partial charge >= 0.3 is 0 Å². The Balaban J connectivity index is 2.56. The molecule has 4 nitrogen and oxygen atoms in total. The molecule has 4 heteroatoms. The molecule has 2 aromatic rings. The molecular weight excluding hydrogens is 220 g/mol. The molecule has 0 amide bonds. The van der Waals surface area contributed by atoms with Crippen molar-refractivity contribution in [2.75, 3.05) is 0 Å². The maximum absolute atomic E-state index is 12.0. The Labute approximate surface area is 97.4 Å². The van der Waals surface area contributed by atoms with Gasteiger partial charge in [-0.3, -0.25) is 4.79 Å². The number of phenols is 3. The van der Waals surface area contributed by atoms with E-state index >= 15 is 0 Å². The van der Waals surface area contributed by atoms with E-state index in [9.17, 15) is 20.1 Å². The lowest BCUT2D eigenvalue weighted by atomic mass is 10.0. The van der Waals surface area contributed by atoms with Crippen LogP contribution in [0.2, 0.25) is 0 Å². The molecule has 0 fully saturated rings. The van der Waals surface area contributed by atoms with Gasteiger partial charge < -0.3 is 15.3 Å². The first kappa shape index (κ1) is 11.0. The lowest BCUT2D eigenvalue weighted by Crippen LogP contribution is -2.02. The summed E-state index contributed by atoms with van der Waals surface area (Å²) in [6.45, 7) is 0. The summed E-state index contributed by atoms with van der Waals surface area (Å²) in [5.41, 5.74) is -0.182. The van der Waals surface area contributed by atoms with E-state index in [1.54, 1.807) is 12.1 Å². The van der Waals surface area contributed by atoms with Crippen molar-refractivity contribution in [3.63, 3.8) is 0 Å². The van der Waals surface area contributed by atoms with Crippen LogP contribution in [-0.2, 0) is 0 Å². The van der Waals surface area contributed by atoms with E-state index in [4.69, 9.17) is 0 Å². The molecule has 86 valence electrons. The molecule has 0 saturated heterocycles. The van der Waals surface area contributed by atoms with E-state index in [-0.39, 0.29) is 28.4 Å². The molecule has 0 aliphatic heterocycles. The predicted molar refractivity (Wildman–Crippen MR) is 61.3 cm³/mol. The first-order valence-corrected chi connectivity index (χ1v) is 4.95. The average Bonchev–Trinajstić information content (AvgIpc) is 2.29. The van der Waals surface area contributed by atoms with E-state index < -0.39 is 5.78 Å². The van der Waals surface area contributed by atoms with Gasteiger partial charge in [-0.2, -0.15) is 0 Å². The summed E-state index contributed by atoms with van der Waals surface area (Å²) < 4.78 is 0. The van der Waals surface area contributed by atoms with Crippen molar-refractivity contribution in [3.8, 4) is 17.2 Å². The molecule has 0 heterocycles. The molecular formula is C13H10O4. The highest BCUT2D eigenvalue weighted by Crippen LogP contribution is 2.31. The van der Waals surface area contributed by atoms with Gasteiger partial charge in [-0.15, -0.1) is 0 Å². The average molecular weight is 230 g/mol. The number of carbonyl (C=O) groups excluding carboxylic acids is 1. The Morgan fingerprint density at radius 1 is 0.765 bits per heavy atom. The molecule has 0 radical (unpaired) electrons. The van der Waals surface area contributed by atoms with Crippen LogP contribution in [0.25, 0.3) is 0 Å². The van der Waals surface area contributed by atoms with Gasteiger partial charge in [0, 0.05) is 0 Å². The van der Waals surface area contributed by atoms with Gasteiger partial charge in [-0.25, -0.2) is 0 Å². The van der Waals surface area contributed by atoms with Crippen LogP contribution in [-0.4, -0.2) is 21.1 Å². The molecule has 3 N–H and O–H groups in total. The molecule has 17 heavy (non-hydrogen) atoms. The fraction of sp³-hybridized carbons (Fsp3) is 0. The first-order valence-electron chi connectivity index (χ1n) is 4.95. The Hall–Kier alpha value is -2.49. The van der Waals surface area contributed by atoms with Gasteiger partial charge in [0.2, 0.25) is 5.78 Å². The number of benzene rings is 2. The standard InChI is InChI=1S/C13H10O4/c14-9-5-2-1-4-8(9)13(17)12-10(15)6-3-7-11(12)16/h1-7,14-16H. The Morgan fingerprint density at radius 3 is 1.88 bits per heavy atom. The fourth-order valence-electron chi connectivity index (χ4n) is 1.56. The maximum atomic E-state index is 12.0. The molecule has 2 aromatic carbocycles. The van der Waals surface area contributed by atoms with Crippen LogP contribution in [0.1, 0.15) is 15.9 Å². The van der Waals surface area contributed by atoms with E-state index in [0.29, 0.717) is 0 Å². The summed E-state index contributed by atoms with van der Waals surface area (Å²) in [6, 6.07) is 9.97. The highest BCUT2D eigenvalue weighted by atomic mass is 16.3. The molecule has 0 aliphatic carbocycles. The zero-order valence-corrected chi connectivity index (χ0v) is 8.79. The molecule has 0 spiro atoms. The first-order chi connectivity index (χ1) is 8.11. The highest BCUT2D eigenvalue weighted by molar-refractivity contribution is 6.13. The summed E-state index contributed by atoms with van der Waals surface area (Å²) in [5, 5.41) is 28.6. The number of aromatic hydroxyl groups is 3. The van der Waals surface area contributed by atoms with Crippen molar-refractivity contribution < 1.29 is 20.1 Å². The zero-order valence-electron chi connectivity index (χ0n) is 8.79.